The Balaban J connectivity index is 0.00000254. The fourth-order valence-corrected chi connectivity index (χ4v) is 2.18. The van der Waals surface area contributed by atoms with Crippen molar-refractivity contribution in [2.75, 3.05) is 7.05 Å². The average Bonchev–Trinajstić information content (AvgIpc) is 2.83. The van der Waals surface area contributed by atoms with Crippen molar-refractivity contribution in [1.82, 2.24) is 4.90 Å². The van der Waals surface area contributed by atoms with Crippen LogP contribution in [0.15, 0.2) is 40.2 Å². The van der Waals surface area contributed by atoms with Gasteiger partial charge in [0.15, 0.2) is 0 Å². The summed E-state index contributed by atoms with van der Waals surface area (Å²) in [6, 6.07) is 0. The van der Waals surface area contributed by atoms with E-state index >= 15 is 0 Å². The molecule has 1 heterocycles. The lowest BCUT2D eigenvalue weighted by Gasteiger charge is -2.33. The molecule has 0 aromatic heterocycles. The number of alkyl halides is 3. The van der Waals surface area contributed by atoms with Crippen LogP contribution in [0, 0.1) is 5.41 Å². The van der Waals surface area contributed by atoms with Gasteiger partial charge in [-0.3, -0.25) is 0 Å². The highest BCUT2D eigenvalue weighted by Crippen LogP contribution is 2.47. The van der Waals surface area contributed by atoms with Gasteiger partial charge in [0.25, 0.3) is 0 Å². The Bertz CT molecular complexity index is 535. The summed E-state index contributed by atoms with van der Waals surface area (Å²) in [5.74, 6) is 0.580. The number of allylic oxidation sites excluding steroid dienone is 4. The Labute approximate surface area is 144 Å². The lowest BCUT2D eigenvalue weighted by molar-refractivity contribution is -0.201. The molecule has 2 nitrogen and oxygen atoms in total. The normalized spacial score (nSPS) is 19.5. The fourth-order valence-electron chi connectivity index (χ4n) is 2.18. The summed E-state index contributed by atoms with van der Waals surface area (Å²) in [5, 5.41) is 0. The molecule has 1 aliphatic rings. The molecule has 0 aromatic rings. The van der Waals surface area contributed by atoms with Crippen LogP contribution >= 0.6 is 0 Å². The minimum absolute atomic E-state index is 0.227. The second-order valence-electron chi connectivity index (χ2n) is 6.02. The van der Waals surface area contributed by atoms with E-state index in [4.69, 9.17) is 0 Å². The molecule has 0 N–H and O–H groups in total. The molecule has 0 unspecified atom stereocenters. The van der Waals surface area contributed by atoms with Crippen LogP contribution in [-0.4, -0.2) is 24.0 Å². The van der Waals surface area contributed by atoms with Gasteiger partial charge in [-0.15, -0.1) is 0 Å². The third-order valence-corrected chi connectivity index (χ3v) is 3.93. The van der Waals surface area contributed by atoms with Crippen molar-refractivity contribution in [2.45, 2.75) is 67.5 Å². The molecule has 0 atom stereocenters. The monoisotopic (exact) mass is 344 g/mol. The van der Waals surface area contributed by atoms with Crippen molar-refractivity contribution in [3.05, 3.63) is 35.2 Å². The second-order valence-corrected chi connectivity index (χ2v) is 6.02. The van der Waals surface area contributed by atoms with Gasteiger partial charge in [-0.2, -0.15) is 13.2 Å². The van der Waals surface area contributed by atoms with E-state index in [0.29, 0.717) is 5.84 Å². The van der Waals surface area contributed by atoms with Crippen molar-refractivity contribution in [2.24, 2.45) is 10.4 Å². The summed E-state index contributed by atoms with van der Waals surface area (Å²) in [6.45, 7) is 12.1. The number of rotatable bonds is 4. The van der Waals surface area contributed by atoms with Gasteiger partial charge < -0.3 is 4.90 Å². The number of likely N-dealkylation sites (N-methyl/N-ethyl adjacent to an activating group) is 1. The second kappa shape index (κ2) is 9.09. The summed E-state index contributed by atoms with van der Waals surface area (Å²) in [6.07, 6.45) is 2.85. The van der Waals surface area contributed by atoms with Gasteiger partial charge in [-0.05, 0) is 40.2 Å². The Morgan fingerprint density at radius 2 is 1.79 bits per heavy atom. The number of hydrogen-bond acceptors (Lipinski definition) is 1. The van der Waals surface area contributed by atoms with E-state index in [1.807, 2.05) is 46.8 Å². The third-order valence-electron chi connectivity index (χ3n) is 3.93. The van der Waals surface area contributed by atoms with E-state index in [-0.39, 0.29) is 5.70 Å². The van der Waals surface area contributed by atoms with E-state index in [1.54, 1.807) is 18.0 Å². The third kappa shape index (κ3) is 4.99. The van der Waals surface area contributed by atoms with Crippen molar-refractivity contribution in [3.63, 3.8) is 0 Å². The van der Waals surface area contributed by atoms with Gasteiger partial charge in [0, 0.05) is 24.0 Å². The Kier molecular flexibility index (Phi) is 8.52. The van der Waals surface area contributed by atoms with Crippen molar-refractivity contribution < 1.29 is 13.2 Å². The quantitative estimate of drug-likeness (QED) is 0.570. The number of hydrogen-bond donors (Lipinski definition) is 0. The minimum atomic E-state index is -4.31. The van der Waals surface area contributed by atoms with E-state index in [1.165, 1.54) is 13.8 Å². The number of unbranched alkanes of at least 4 members (excludes halogenated alkanes) is 1. The molecule has 0 radical (unpaired) electrons. The fraction of sp³-hybridized carbons (Fsp3) is 0.632. The molecule has 0 aromatic carbocycles. The summed E-state index contributed by atoms with van der Waals surface area (Å²) < 4.78 is 40.1. The number of amidine groups is 1. The number of nitrogens with zero attached hydrogens (tertiary/aromatic N) is 2. The first-order valence-electron chi connectivity index (χ1n) is 8.51. The van der Waals surface area contributed by atoms with Crippen LogP contribution in [0.25, 0.3) is 0 Å². The first-order valence-corrected chi connectivity index (χ1v) is 8.51. The SMILES string of the molecule is CC.C\C=C(C)/N=C1/C(=C/CCC)C=C(C(C)(C)C(F)(F)F)N1C. The van der Waals surface area contributed by atoms with E-state index in [2.05, 4.69) is 4.99 Å². The van der Waals surface area contributed by atoms with Gasteiger partial charge in [-0.1, -0.05) is 39.3 Å². The predicted molar refractivity (Wildman–Crippen MR) is 96.9 cm³/mol. The van der Waals surface area contributed by atoms with Gasteiger partial charge >= 0.3 is 6.18 Å². The molecule has 0 amide bonds. The van der Waals surface area contributed by atoms with Crippen LogP contribution in [0.5, 0.6) is 0 Å². The van der Waals surface area contributed by atoms with Crippen LogP contribution in [0.4, 0.5) is 13.2 Å². The predicted octanol–water partition coefficient (Wildman–Crippen LogP) is 6.48. The van der Waals surface area contributed by atoms with Gasteiger partial charge in [-0.25, -0.2) is 4.99 Å². The van der Waals surface area contributed by atoms with Crippen molar-refractivity contribution >= 4 is 5.84 Å². The summed E-state index contributed by atoms with van der Waals surface area (Å²) in [7, 11) is 1.65. The van der Waals surface area contributed by atoms with E-state index < -0.39 is 11.6 Å². The minimum Gasteiger partial charge on any atom is -0.332 e. The van der Waals surface area contributed by atoms with Crippen LogP contribution < -0.4 is 0 Å². The van der Waals surface area contributed by atoms with Gasteiger partial charge in [0.1, 0.15) is 11.3 Å². The highest BCUT2D eigenvalue weighted by Gasteiger charge is 2.52. The molecular formula is C19H31F3N2. The topological polar surface area (TPSA) is 15.6 Å². The van der Waals surface area contributed by atoms with E-state index in [9.17, 15) is 13.2 Å². The molecule has 0 spiro atoms. The summed E-state index contributed by atoms with van der Waals surface area (Å²) in [4.78, 5) is 6.03. The molecular weight excluding hydrogens is 313 g/mol. The van der Waals surface area contributed by atoms with Gasteiger partial charge in [0.05, 0.1) is 0 Å². The number of aliphatic imine (C=N–C) groups is 1. The van der Waals surface area contributed by atoms with Crippen molar-refractivity contribution in [1.29, 1.82) is 0 Å². The summed E-state index contributed by atoms with van der Waals surface area (Å²) in [5.41, 5.74) is -0.152. The highest BCUT2D eigenvalue weighted by atomic mass is 19.4. The number of halogens is 3. The standard InChI is InChI=1S/C17H25F3N2.C2H6/c1-7-9-10-13-11-14(16(4,5)17(18,19)20)22(6)15(13)21-12(3)8-2;1-2/h8,10-11H,7,9H2,1-6H3;1-2H3/b12-8-,13-10+,21-15-;. The molecule has 0 bridgehead atoms. The molecule has 0 fully saturated rings. The van der Waals surface area contributed by atoms with E-state index in [0.717, 1.165) is 24.1 Å². The van der Waals surface area contributed by atoms with Crippen LogP contribution in [0.1, 0.15) is 61.3 Å². The molecule has 1 rings (SSSR count). The zero-order valence-electron chi connectivity index (χ0n) is 16.2. The smallest absolute Gasteiger partial charge is 0.332 e. The largest absolute Gasteiger partial charge is 0.399 e. The first kappa shape index (κ1) is 22.5. The molecule has 24 heavy (non-hydrogen) atoms. The Morgan fingerprint density at radius 3 is 2.21 bits per heavy atom. The highest BCUT2D eigenvalue weighted by molar-refractivity contribution is 6.05. The maximum atomic E-state index is 13.4. The van der Waals surface area contributed by atoms with Crippen LogP contribution in [0.2, 0.25) is 0 Å². The maximum Gasteiger partial charge on any atom is 0.399 e. The zero-order valence-corrected chi connectivity index (χ0v) is 16.2. The lowest BCUT2D eigenvalue weighted by atomic mass is 9.88. The first-order chi connectivity index (χ1) is 11.1. The summed E-state index contributed by atoms with van der Waals surface area (Å²) >= 11 is 0. The lowest BCUT2D eigenvalue weighted by Crippen LogP contribution is -2.39. The zero-order chi connectivity index (χ0) is 19.1. The molecule has 5 heteroatoms. The van der Waals surface area contributed by atoms with Crippen molar-refractivity contribution in [3.8, 4) is 0 Å². The van der Waals surface area contributed by atoms with Gasteiger partial charge in [0.2, 0.25) is 0 Å². The molecule has 138 valence electrons. The molecule has 0 saturated heterocycles. The molecule has 1 aliphatic heterocycles. The Morgan fingerprint density at radius 1 is 1.25 bits per heavy atom. The molecule has 0 saturated carbocycles. The maximum absolute atomic E-state index is 13.4. The van der Waals surface area contributed by atoms with Crippen LogP contribution in [0.3, 0.4) is 0 Å². The average molecular weight is 344 g/mol. The Hall–Kier alpha value is -1.52. The molecule has 0 aliphatic carbocycles. The van der Waals surface area contributed by atoms with Crippen LogP contribution in [-0.2, 0) is 0 Å².